The van der Waals surface area contributed by atoms with Crippen LogP contribution in [0.15, 0.2) is 6.20 Å². The minimum atomic E-state index is -0.768. The Morgan fingerprint density at radius 3 is 2.62 bits per heavy atom. The molecule has 0 aliphatic carbocycles. The molecular weight excluding hydrogens is 220 g/mol. The molecule has 1 aromatic heterocycles. The van der Waals surface area contributed by atoms with Crippen LogP contribution in [-0.4, -0.2) is 19.9 Å². The maximum Gasteiger partial charge on any atom is 0.163 e. The van der Waals surface area contributed by atoms with Crippen LogP contribution in [0.1, 0.15) is 46.1 Å². The highest BCUT2D eigenvalue weighted by molar-refractivity contribution is 7.90. The highest BCUT2D eigenvalue weighted by Gasteiger charge is 2.37. The first kappa shape index (κ1) is 12.0. The fourth-order valence-electron chi connectivity index (χ4n) is 2.06. The van der Waals surface area contributed by atoms with Crippen molar-refractivity contribution in [3.8, 4) is 0 Å². The van der Waals surface area contributed by atoms with Gasteiger partial charge in [0, 0.05) is 11.6 Å². The summed E-state index contributed by atoms with van der Waals surface area (Å²) in [5, 5.41) is 0. The summed E-state index contributed by atoms with van der Waals surface area (Å²) in [6.07, 6.45) is 2.13. The summed E-state index contributed by atoms with van der Waals surface area (Å²) in [4.78, 5) is 4.64. The Bertz CT molecular complexity index is 404. The second-order valence-electron chi connectivity index (χ2n) is 6.20. The van der Waals surface area contributed by atoms with Gasteiger partial charge in [-0.3, -0.25) is 0 Å². The SMILES string of the molecule is CC(C)(C)c1cn2c(n1)C[S+]([O-])CC2(C)C. The Labute approximate surface area is 100 Å². The normalized spacial score (nSPS) is 24.2. The topological polar surface area (TPSA) is 40.9 Å². The van der Waals surface area contributed by atoms with Gasteiger partial charge >= 0.3 is 0 Å². The van der Waals surface area contributed by atoms with Crippen LogP contribution < -0.4 is 0 Å². The second-order valence-corrected chi connectivity index (χ2v) is 7.66. The molecule has 3 nitrogen and oxygen atoms in total. The van der Waals surface area contributed by atoms with Gasteiger partial charge in [0.15, 0.2) is 11.6 Å². The molecule has 1 aromatic rings. The molecule has 1 atom stereocenters. The fourth-order valence-corrected chi connectivity index (χ4v) is 3.59. The van der Waals surface area contributed by atoms with Crippen LogP contribution in [0, 0.1) is 0 Å². The lowest BCUT2D eigenvalue weighted by Gasteiger charge is -2.33. The van der Waals surface area contributed by atoms with Gasteiger partial charge in [0.1, 0.15) is 5.75 Å². The van der Waals surface area contributed by atoms with E-state index in [-0.39, 0.29) is 11.0 Å². The number of rotatable bonds is 0. The van der Waals surface area contributed by atoms with Crippen molar-refractivity contribution in [1.29, 1.82) is 0 Å². The van der Waals surface area contributed by atoms with Crippen LogP contribution in [-0.2, 0) is 27.9 Å². The Morgan fingerprint density at radius 1 is 1.44 bits per heavy atom. The van der Waals surface area contributed by atoms with E-state index in [0.717, 1.165) is 17.3 Å². The number of nitrogens with zero attached hydrogens (tertiary/aromatic N) is 2. The summed E-state index contributed by atoms with van der Waals surface area (Å²) >= 11 is -0.768. The molecule has 2 heterocycles. The molecule has 4 heteroatoms. The van der Waals surface area contributed by atoms with Crippen molar-refractivity contribution >= 4 is 11.2 Å². The minimum Gasteiger partial charge on any atom is -0.616 e. The zero-order valence-electron chi connectivity index (χ0n) is 10.7. The maximum absolute atomic E-state index is 11.8. The lowest BCUT2D eigenvalue weighted by Crippen LogP contribution is -2.40. The average Bonchev–Trinajstić information content (AvgIpc) is 2.45. The number of aromatic nitrogens is 2. The molecule has 2 rings (SSSR count). The molecule has 1 aliphatic rings. The first-order valence-corrected chi connectivity index (χ1v) is 7.13. The van der Waals surface area contributed by atoms with Crippen LogP contribution in [0.25, 0.3) is 0 Å². The lowest BCUT2D eigenvalue weighted by atomic mass is 9.93. The molecule has 0 bridgehead atoms. The van der Waals surface area contributed by atoms with Crippen molar-refractivity contribution in [2.45, 2.75) is 51.3 Å². The predicted octanol–water partition coefficient (Wildman–Crippen LogP) is 2.18. The smallest absolute Gasteiger partial charge is 0.163 e. The number of imidazole rings is 1. The van der Waals surface area contributed by atoms with Gasteiger partial charge in [0.2, 0.25) is 0 Å². The quantitative estimate of drug-likeness (QED) is 0.652. The van der Waals surface area contributed by atoms with E-state index in [1.54, 1.807) is 0 Å². The highest BCUT2D eigenvalue weighted by Crippen LogP contribution is 2.31. The molecule has 0 spiro atoms. The Kier molecular flexibility index (Phi) is 2.63. The molecule has 0 saturated heterocycles. The molecule has 0 amide bonds. The highest BCUT2D eigenvalue weighted by atomic mass is 32.2. The number of fused-ring (bicyclic) bond motifs is 1. The van der Waals surface area contributed by atoms with Gasteiger partial charge in [-0.2, -0.15) is 0 Å². The van der Waals surface area contributed by atoms with Gasteiger partial charge in [-0.05, 0) is 25.0 Å². The summed E-state index contributed by atoms with van der Waals surface area (Å²) in [7, 11) is 0. The molecule has 16 heavy (non-hydrogen) atoms. The summed E-state index contributed by atoms with van der Waals surface area (Å²) < 4.78 is 14.0. The van der Waals surface area contributed by atoms with Crippen molar-refractivity contribution in [3.05, 3.63) is 17.7 Å². The first-order valence-electron chi connectivity index (χ1n) is 5.64. The van der Waals surface area contributed by atoms with Crippen molar-refractivity contribution in [3.63, 3.8) is 0 Å². The van der Waals surface area contributed by atoms with Crippen molar-refractivity contribution in [1.82, 2.24) is 9.55 Å². The molecule has 0 radical (unpaired) electrons. The second kappa shape index (κ2) is 3.50. The van der Waals surface area contributed by atoms with E-state index >= 15 is 0 Å². The van der Waals surface area contributed by atoms with E-state index < -0.39 is 11.2 Å². The number of hydrogen-bond acceptors (Lipinski definition) is 2. The molecule has 1 aliphatic heterocycles. The zero-order chi connectivity index (χ0) is 12.1. The van der Waals surface area contributed by atoms with E-state index in [1.807, 2.05) is 0 Å². The van der Waals surface area contributed by atoms with Gasteiger partial charge < -0.3 is 9.12 Å². The van der Waals surface area contributed by atoms with Crippen LogP contribution in [0.5, 0.6) is 0 Å². The lowest BCUT2D eigenvalue weighted by molar-refractivity contribution is 0.373. The number of hydrogen-bond donors (Lipinski definition) is 0. The van der Waals surface area contributed by atoms with Crippen molar-refractivity contribution < 1.29 is 4.55 Å². The Hall–Kier alpha value is -0.480. The van der Waals surface area contributed by atoms with E-state index in [9.17, 15) is 4.55 Å². The van der Waals surface area contributed by atoms with E-state index in [1.165, 1.54) is 0 Å². The third kappa shape index (κ3) is 2.00. The fraction of sp³-hybridized carbons (Fsp3) is 0.750. The third-order valence-electron chi connectivity index (χ3n) is 3.00. The van der Waals surface area contributed by atoms with Gasteiger partial charge in [0.25, 0.3) is 0 Å². The Balaban J connectivity index is 2.48. The third-order valence-corrected chi connectivity index (χ3v) is 4.61. The predicted molar refractivity (Wildman–Crippen MR) is 67.0 cm³/mol. The van der Waals surface area contributed by atoms with Crippen molar-refractivity contribution in [2.24, 2.45) is 0 Å². The van der Waals surface area contributed by atoms with Crippen LogP contribution in [0.4, 0.5) is 0 Å². The first-order chi connectivity index (χ1) is 7.20. The van der Waals surface area contributed by atoms with Gasteiger partial charge in [-0.1, -0.05) is 20.8 Å². The monoisotopic (exact) mass is 240 g/mol. The van der Waals surface area contributed by atoms with Crippen LogP contribution in [0.2, 0.25) is 0 Å². The molecule has 0 aromatic carbocycles. The summed E-state index contributed by atoms with van der Waals surface area (Å²) in [5.41, 5.74) is 1.08. The van der Waals surface area contributed by atoms with E-state index in [2.05, 4.69) is 50.4 Å². The van der Waals surface area contributed by atoms with Crippen LogP contribution >= 0.6 is 0 Å². The molecule has 0 N–H and O–H groups in total. The Morgan fingerprint density at radius 2 is 2.06 bits per heavy atom. The molecule has 90 valence electrons. The molecule has 0 saturated carbocycles. The largest absolute Gasteiger partial charge is 0.616 e. The van der Waals surface area contributed by atoms with Crippen LogP contribution in [0.3, 0.4) is 0 Å². The molecular formula is C12H20N2OS. The van der Waals surface area contributed by atoms with Gasteiger partial charge in [0.05, 0.1) is 11.2 Å². The standard InChI is InChI=1S/C12H20N2OS/c1-11(2,3)9-6-14-10(13-9)7-16(15)8-12(14,4)5/h6H,7-8H2,1-5H3. The summed E-state index contributed by atoms with van der Waals surface area (Å²) in [5.74, 6) is 2.29. The van der Waals surface area contributed by atoms with Gasteiger partial charge in [-0.15, -0.1) is 0 Å². The average molecular weight is 240 g/mol. The maximum atomic E-state index is 11.8. The summed E-state index contributed by atoms with van der Waals surface area (Å²) in [6, 6.07) is 0. The van der Waals surface area contributed by atoms with Crippen molar-refractivity contribution in [2.75, 3.05) is 5.75 Å². The molecule has 1 unspecified atom stereocenters. The summed E-state index contributed by atoms with van der Waals surface area (Å²) in [6.45, 7) is 10.7. The molecule has 0 fully saturated rings. The van der Waals surface area contributed by atoms with Gasteiger partial charge in [-0.25, -0.2) is 4.98 Å². The van der Waals surface area contributed by atoms with E-state index in [0.29, 0.717) is 5.75 Å². The minimum absolute atomic E-state index is 0.0575. The zero-order valence-corrected chi connectivity index (χ0v) is 11.5. The van der Waals surface area contributed by atoms with E-state index in [4.69, 9.17) is 0 Å².